The molecule has 2 aliphatic rings. The molecule has 2 aliphatic heterocycles. The lowest BCUT2D eigenvalue weighted by Gasteiger charge is -2.45. The lowest BCUT2D eigenvalue weighted by Crippen LogP contribution is -2.61. The van der Waals surface area contributed by atoms with Crippen molar-refractivity contribution < 1.29 is 9.47 Å². The molecule has 30 heavy (non-hydrogen) atoms. The van der Waals surface area contributed by atoms with Gasteiger partial charge < -0.3 is 20.1 Å². The van der Waals surface area contributed by atoms with Crippen molar-refractivity contribution in [1.29, 1.82) is 0 Å². The Hall–Kier alpha value is -1.04. The van der Waals surface area contributed by atoms with Crippen LogP contribution in [0.2, 0.25) is 5.15 Å². The molecule has 2 unspecified atom stereocenters. The van der Waals surface area contributed by atoms with E-state index >= 15 is 0 Å². The molecular weight excluding hydrogens is 398 g/mol. The summed E-state index contributed by atoms with van der Waals surface area (Å²) in [5, 5.41) is 7.70. The Morgan fingerprint density at radius 3 is 1.93 bits per heavy atom. The molecule has 0 radical (unpaired) electrons. The SMILES string of the molecule is CCC(C)C[C@@]1(COc2cc(C)c(Cl)nc2OC[C@]2(CC(C)CC)CCN2)CCN1. The van der Waals surface area contributed by atoms with E-state index < -0.39 is 0 Å². The molecule has 2 fully saturated rings. The van der Waals surface area contributed by atoms with Crippen molar-refractivity contribution in [1.82, 2.24) is 15.6 Å². The zero-order chi connectivity index (χ0) is 21.8. The molecule has 1 aromatic heterocycles. The van der Waals surface area contributed by atoms with Gasteiger partial charge in [-0.2, -0.15) is 4.98 Å². The molecule has 0 amide bonds. The minimum absolute atomic E-state index is 0.0407. The second-order valence-corrected chi connectivity index (χ2v) is 10.2. The third kappa shape index (κ3) is 5.60. The summed E-state index contributed by atoms with van der Waals surface area (Å²) in [7, 11) is 0. The number of ether oxygens (including phenoxy) is 2. The molecule has 3 rings (SSSR count). The number of nitrogens with one attached hydrogen (secondary N) is 2. The predicted octanol–water partition coefficient (Wildman–Crippen LogP) is 5.14. The molecule has 0 spiro atoms. The van der Waals surface area contributed by atoms with Crippen molar-refractivity contribution in [3.63, 3.8) is 0 Å². The summed E-state index contributed by atoms with van der Waals surface area (Å²) in [6.07, 6.45) is 6.88. The highest BCUT2D eigenvalue weighted by Gasteiger charge is 2.40. The van der Waals surface area contributed by atoms with Crippen LogP contribution in [0.1, 0.15) is 71.8 Å². The van der Waals surface area contributed by atoms with Gasteiger partial charge in [-0.25, -0.2) is 0 Å². The fourth-order valence-electron chi connectivity index (χ4n) is 4.47. The second-order valence-electron chi connectivity index (χ2n) is 9.83. The van der Waals surface area contributed by atoms with E-state index in [9.17, 15) is 0 Å². The van der Waals surface area contributed by atoms with Crippen molar-refractivity contribution >= 4 is 11.6 Å². The Morgan fingerprint density at radius 1 is 1.00 bits per heavy atom. The molecule has 3 heterocycles. The molecule has 2 N–H and O–H groups in total. The molecule has 1 aromatic rings. The van der Waals surface area contributed by atoms with Gasteiger partial charge in [0.25, 0.3) is 5.88 Å². The van der Waals surface area contributed by atoms with E-state index in [1.807, 2.05) is 13.0 Å². The van der Waals surface area contributed by atoms with E-state index in [-0.39, 0.29) is 11.1 Å². The van der Waals surface area contributed by atoms with Gasteiger partial charge in [0.05, 0.1) is 11.1 Å². The van der Waals surface area contributed by atoms with Crippen LogP contribution >= 0.6 is 11.6 Å². The lowest BCUT2D eigenvalue weighted by molar-refractivity contribution is 0.0738. The van der Waals surface area contributed by atoms with Crippen molar-refractivity contribution in [2.24, 2.45) is 11.8 Å². The van der Waals surface area contributed by atoms with E-state index in [1.54, 1.807) is 0 Å². The average Bonchev–Trinajstić information content (AvgIpc) is 2.68. The first kappa shape index (κ1) is 23.6. The molecule has 0 saturated carbocycles. The Balaban J connectivity index is 1.68. The molecule has 6 heteroatoms. The van der Waals surface area contributed by atoms with E-state index in [0.29, 0.717) is 41.8 Å². The van der Waals surface area contributed by atoms with Crippen LogP contribution in [0.4, 0.5) is 0 Å². The first-order valence-electron chi connectivity index (χ1n) is 11.7. The first-order chi connectivity index (χ1) is 14.3. The van der Waals surface area contributed by atoms with Gasteiger partial charge in [0.1, 0.15) is 18.4 Å². The number of nitrogens with zero attached hydrogens (tertiary/aromatic N) is 1. The van der Waals surface area contributed by atoms with Crippen LogP contribution in [-0.2, 0) is 0 Å². The van der Waals surface area contributed by atoms with E-state index in [2.05, 4.69) is 43.3 Å². The standard InChI is InChI=1S/C24H40ClN3O2/c1-6-17(3)13-23(8-10-26-23)15-29-20-12-19(5)21(25)28-22(20)30-16-24(9-11-27-24)14-18(4)7-2/h12,17-18,26-27H,6-11,13-16H2,1-5H3/t17?,18?,23-,24-/m1/s1. The van der Waals surface area contributed by atoms with Crippen molar-refractivity contribution in [3.05, 3.63) is 16.8 Å². The van der Waals surface area contributed by atoms with Gasteiger partial charge >= 0.3 is 0 Å². The highest BCUT2D eigenvalue weighted by Crippen LogP contribution is 2.35. The number of halogens is 1. The van der Waals surface area contributed by atoms with Crippen molar-refractivity contribution in [2.45, 2.75) is 84.2 Å². The van der Waals surface area contributed by atoms with Crippen molar-refractivity contribution in [2.75, 3.05) is 26.3 Å². The first-order valence-corrected chi connectivity index (χ1v) is 12.1. The maximum atomic E-state index is 6.33. The number of aryl methyl sites for hydroxylation is 1. The molecule has 0 bridgehead atoms. The van der Waals surface area contributed by atoms with E-state index in [1.165, 1.54) is 12.8 Å². The summed E-state index contributed by atoms with van der Waals surface area (Å²) >= 11 is 6.33. The fraction of sp³-hybridized carbons (Fsp3) is 0.792. The predicted molar refractivity (Wildman–Crippen MR) is 124 cm³/mol. The van der Waals surface area contributed by atoms with Crippen LogP contribution in [0.5, 0.6) is 11.6 Å². The van der Waals surface area contributed by atoms with Gasteiger partial charge in [0.2, 0.25) is 0 Å². The minimum atomic E-state index is 0.0407. The van der Waals surface area contributed by atoms with Gasteiger partial charge in [-0.3, -0.25) is 0 Å². The minimum Gasteiger partial charge on any atom is -0.486 e. The third-order valence-electron chi connectivity index (χ3n) is 7.15. The molecule has 170 valence electrons. The molecular formula is C24H40ClN3O2. The van der Waals surface area contributed by atoms with Crippen LogP contribution < -0.4 is 20.1 Å². The maximum Gasteiger partial charge on any atom is 0.258 e. The highest BCUT2D eigenvalue weighted by molar-refractivity contribution is 6.30. The quantitative estimate of drug-likeness (QED) is 0.443. The largest absolute Gasteiger partial charge is 0.486 e. The summed E-state index contributed by atoms with van der Waals surface area (Å²) in [5.74, 6) is 2.55. The molecule has 0 aromatic carbocycles. The van der Waals surface area contributed by atoms with Gasteiger partial charge in [-0.1, -0.05) is 52.1 Å². The normalized spacial score (nSPS) is 27.7. The number of rotatable bonds is 12. The summed E-state index contributed by atoms with van der Waals surface area (Å²) in [5.41, 5.74) is 1.01. The second kappa shape index (κ2) is 10.1. The maximum absolute atomic E-state index is 6.33. The van der Waals surface area contributed by atoms with E-state index in [4.69, 9.17) is 21.1 Å². The monoisotopic (exact) mass is 437 g/mol. The Morgan fingerprint density at radius 2 is 1.50 bits per heavy atom. The van der Waals surface area contributed by atoms with Crippen LogP contribution in [0.25, 0.3) is 0 Å². The lowest BCUT2D eigenvalue weighted by atomic mass is 9.80. The van der Waals surface area contributed by atoms with Gasteiger partial charge in [-0.15, -0.1) is 0 Å². The molecule has 0 aliphatic carbocycles. The fourth-order valence-corrected chi connectivity index (χ4v) is 4.60. The number of aromatic nitrogens is 1. The zero-order valence-corrected chi connectivity index (χ0v) is 20.2. The number of pyridine rings is 1. The summed E-state index contributed by atoms with van der Waals surface area (Å²) in [6, 6.07) is 1.97. The Bertz CT molecular complexity index is 645. The smallest absolute Gasteiger partial charge is 0.258 e. The van der Waals surface area contributed by atoms with Gasteiger partial charge in [-0.05, 0) is 69.2 Å². The third-order valence-corrected chi connectivity index (χ3v) is 7.53. The molecule has 2 saturated heterocycles. The summed E-state index contributed by atoms with van der Waals surface area (Å²) in [4.78, 5) is 4.53. The van der Waals surface area contributed by atoms with Crippen LogP contribution in [-0.4, -0.2) is 42.4 Å². The van der Waals surface area contributed by atoms with Crippen molar-refractivity contribution in [3.8, 4) is 11.6 Å². The number of hydrogen-bond donors (Lipinski definition) is 2. The Kier molecular flexibility index (Phi) is 7.92. The molecule has 5 nitrogen and oxygen atoms in total. The summed E-state index contributed by atoms with van der Waals surface area (Å²) in [6.45, 7) is 14.4. The molecule has 4 atom stereocenters. The topological polar surface area (TPSA) is 55.4 Å². The van der Waals surface area contributed by atoms with E-state index in [0.717, 1.165) is 44.3 Å². The van der Waals surface area contributed by atoms with Crippen LogP contribution in [0.3, 0.4) is 0 Å². The Labute approximate surface area is 187 Å². The number of hydrogen-bond acceptors (Lipinski definition) is 5. The van der Waals surface area contributed by atoms with Crippen LogP contribution in [0, 0.1) is 18.8 Å². The van der Waals surface area contributed by atoms with Gasteiger partial charge in [0.15, 0.2) is 5.75 Å². The highest BCUT2D eigenvalue weighted by atomic mass is 35.5. The summed E-state index contributed by atoms with van der Waals surface area (Å²) < 4.78 is 12.6. The van der Waals surface area contributed by atoms with Crippen LogP contribution in [0.15, 0.2) is 6.07 Å². The average molecular weight is 438 g/mol. The zero-order valence-electron chi connectivity index (χ0n) is 19.4. The van der Waals surface area contributed by atoms with Gasteiger partial charge in [0, 0.05) is 0 Å².